The van der Waals surface area contributed by atoms with Gasteiger partial charge in [0.15, 0.2) is 0 Å². The van der Waals surface area contributed by atoms with Gasteiger partial charge in [-0.05, 0) is 37.7 Å². The molecule has 1 rings (SSSR count). The molecule has 0 saturated heterocycles. The van der Waals surface area contributed by atoms with Gasteiger partial charge in [-0.15, -0.1) is 0 Å². The molecule has 0 bridgehead atoms. The van der Waals surface area contributed by atoms with Crippen molar-refractivity contribution in [3.63, 3.8) is 0 Å². The number of anilines is 1. The van der Waals surface area contributed by atoms with E-state index in [9.17, 15) is 4.79 Å². The number of amides is 1. The topological polar surface area (TPSA) is 35.6 Å². The normalized spacial score (nSPS) is 10.3. The Morgan fingerprint density at radius 2 is 1.79 bits per heavy atom. The summed E-state index contributed by atoms with van der Waals surface area (Å²) in [6.45, 7) is 1.56. The maximum absolute atomic E-state index is 11.9. The molecule has 0 heterocycles. The van der Waals surface area contributed by atoms with Crippen molar-refractivity contribution in [2.24, 2.45) is 0 Å². The van der Waals surface area contributed by atoms with Crippen molar-refractivity contribution in [3.8, 4) is 0 Å². The first kappa shape index (κ1) is 15.5. The van der Waals surface area contributed by atoms with Crippen LogP contribution in [0.1, 0.15) is 18.4 Å². The Labute approximate surface area is 116 Å². The first-order chi connectivity index (χ1) is 9.04. The first-order valence-electron chi connectivity index (χ1n) is 6.69. The SMILES string of the molecule is CNCCCC(=O)N(C)Cc1ccc(N(C)C)cc1. The molecule has 0 aliphatic carbocycles. The molecule has 0 aliphatic rings. The number of nitrogens with zero attached hydrogens (tertiary/aromatic N) is 2. The third-order valence-corrected chi connectivity index (χ3v) is 3.12. The van der Waals surface area contributed by atoms with E-state index < -0.39 is 0 Å². The Morgan fingerprint density at radius 3 is 2.32 bits per heavy atom. The molecule has 0 saturated carbocycles. The molecule has 1 amide bonds. The van der Waals surface area contributed by atoms with E-state index in [1.807, 2.05) is 28.2 Å². The highest BCUT2D eigenvalue weighted by Gasteiger charge is 2.08. The van der Waals surface area contributed by atoms with E-state index in [4.69, 9.17) is 0 Å². The number of carbonyl (C=O) groups excluding carboxylic acids is 1. The lowest BCUT2D eigenvalue weighted by molar-refractivity contribution is -0.130. The molecule has 1 N–H and O–H groups in total. The minimum atomic E-state index is 0.201. The van der Waals surface area contributed by atoms with Crippen molar-refractivity contribution in [1.29, 1.82) is 0 Å². The average Bonchev–Trinajstić information content (AvgIpc) is 2.39. The van der Waals surface area contributed by atoms with Crippen molar-refractivity contribution in [2.75, 3.05) is 39.6 Å². The maximum atomic E-state index is 11.9. The second-order valence-electron chi connectivity index (χ2n) is 5.02. The molecule has 4 nitrogen and oxygen atoms in total. The van der Waals surface area contributed by atoms with Crippen LogP contribution in [0.25, 0.3) is 0 Å². The predicted octanol–water partition coefficient (Wildman–Crippen LogP) is 1.71. The highest BCUT2D eigenvalue weighted by atomic mass is 16.2. The van der Waals surface area contributed by atoms with Gasteiger partial charge in [0.25, 0.3) is 0 Å². The zero-order valence-corrected chi connectivity index (χ0v) is 12.4. The van der Waals surface area contributed by atoms with Crippen LogP contribution in [0.2, 0.25) is 0 Å². The largest absolute Gasteiger partial charge is 0.378 e. The number of nitrogens with one attached hydrogen (secondary N) is 1. The molecular weight excluding hydrogens is 238 g/mol. The zero-order valence-electron chi connectivity index (χ0n) is 12.4. The van der Waals surface area contributed by atoms with E-state index in [-0.39, 0.29) is 5.91 Å². The highest BCUT2D eigenvalue weighted by molar-refractivity contribution is 5.75. The summed E-state index contributed by atoms with van der Waals surface area (Å²) in [5.74, 6) is 0.201. The van der Waals surface area contributed by atoms with E-state index in [2.05, 4.69) is 34.5 Å². The molecule has 0 atom stereocenters. The molecule has 0 aliphatic heterocycles. The van der Waals surface area contributed by atoms with Gasteiger partial charge < -0.3 is 15.1 Å². The van der Waals surface area contributed by atoms with Crippen LogP contribution < -0.4 is 10.2 Å². The van der Waals surface area contributed by atoms with Gasteiger partial charge in [0.05, 0.1) is 0 Å². The molecule has 0 fully saturated rings. The summed E-state index contributed by atoms with van der Waals surface area (Å²) in [6.07, 6.45) is 1.49. The van der Waals surface area contributed by atoms with Gasteiger partial charge in [-0.2, -0.15) is 0 Å². The van der Waals surface area contributed by atoms with Gasteiger partial charge in [-0.1, -0.05) is 12.1 Å². The molecule has 106 valence electrons. The lowest BCUT2D eigenvalue weighted by atomic mass is 10.2. The fourth-order valence-electron chi connectivity index (χ4n) is 1.87. The van der Waals surface area contributed by atoms with Gasteiger partial charge in [-0.3, -0.25) is 4.79 Å². The standard InChI is InChI=1S/C15H25N3O/c1-16-11-5-6-15(19)18(4)12-13-7-9-14(10-8-13)17(2)3/h7-10,16H,5-6,11-12H2,1-4H3. The molecular formula is C15H25N3O. The Hall–Kier alpha value is -1.55. The van der Waals surface area contributed by atoms with Gasteiger partial charge in [-0.25, -0.2) is 0 Å². The number of hydrogen-bond donors (Lipinski definition) is 1. The maximum Gasteiger partial charge on any atom is 0.222 e. The van der Waals surface area contributed by atoms with Crippen LogP contribution in [-0.4, -0.2) is 45.5 Å². The van der Waals surface area contributed by atoms with Gasteiger partial charge in [0.2, 0.25) is 5.91 Å². The van der Waals surface area contributed by atoms with Crippen LogP contribution in [-0.2, 0) is 11.3 Å². The van der Waals surface area contributed by atoms with Crippen LogP contribution in [0, 0.1) is 0 Å². The Bertz CT molecular complexity index is 387. The summed E-state index contributed by atoms with van der Waals surface area (Å²) in [6, 6.07) is 8.31. The number of hydrogen-bond acceptors (Lipinski definition) is 3. The minimum absolute atomic E-state index is 0.201. The van der Waals surface area contributed by atoms with Crippen molar-refractivity contribution >= 4 is 11.6 Å². The zero-order chi connectivity index (χ0) is 14.3. The highest BCUT2D eigenvalue weighted by Crippen LogP contribution is 2.13. The molecule has 0 aromatic heterocycles. The summed E-state index contributed by atoms with van der Waals surface area (Å²) in [5.41, 5.74) is 2.34. The van der Waals surface area contributed by atoms with Gasteiger partial charge >= 0.3 is 0 Å². The van der Waals surface area contributed by atoms with Gasteiger partial charge in [0.1, 0.15) is 0 Å². The molecule has 4 heteroatoms. The Balaban J connectivity index is 2.47. The molecule has 0 unspecified atom stereocenters. The van der Waals surface area contributed by atoms with Crippen LogP contribution in [0.15, 0.2) is 24.3 Å². The van der Waals surface area contributed by atoms with E-state index in [1.54, 1.807) is 4.90 Å². The molecule has 0 spiro atoms. The Kier molecular flexibility index (Phi) is 6.36. The van der Waals surface area contributed by atoms with Crippen LogP contribution in [0.3, 0.4) is 0 Å². The average molecular weight is 263 g/mol. The van der Waals surface area contributed by atoms with Crippen molar-refractivity contribution in [2.45, 2.75) is 19.4 Å². The molecule has 1 aromatic rings. The predicted molar refractivity (Wildman–Crippen MR) is 80.4 cm³/mol. The van der Waals surface area contributed by atoms with Crippen LogP contribution >= 0.6 is 0 Å². The number of carbonyl (C=O) groups is 1. The van der Waals surface area contributed by atoms with E-state index >= 15 is 0 Å². The summed E-state index contributed by atoms with van der Waals surface area (Å²) in [4.78, 5) is 15.7. The summed E-state index contributed by atoms with van der Waals surface area (Å²) in [7, 11) is 7.81. The lowest BCUT2D eigenvalue weighted by Crippen LogP contribution is -2.26. The number of benzene rings is 1. The van der Waals surface area contributed by atoms with Gasteiger partial charge in [0, 0.05) is 39.8 Å². The minimum Gasteiger partial charge on any atom is -0.378 e. The molecule has 1 aromatic carbocycles. The first-order valence-corrected chi connectivity index (χ1v) is 6.69. The monoisotopic (exact) mass is 263 g/mol. The fraction of sp³-hybridized carbons (Fsp3) is 0.533. The third kappa shape index (κ3) is 5.30. The molecule has 0 radical (unpaired) electrons. The van der Waals surface area contributed by atoms with Crippen molar-refractivity contribution < 1.29 is 4.79 Å². The quantitative estimate of drug-likeness (QED) is 0.761. The summed E-state index contributed by atoms with van der Waals surface area (Å²) < 4.78 is 0. The molecule has 19 heavy (non-hydrogen) atoms. The van der Waals surface area contributed by atoms with Crippen LogP contribution in [0.5, 0.6) is 0 Å². The van der Waals surface area contributed by atoms with Crippen molar-refractivity contribution in [1.82, 2.24) is 10.2 Å². The summed E-state index contributed by atoms with van der Waals surface area (Å²) in [5, 5.41) is 3.05. The van der Waals surface area contributed by atoms with Crippen LogP contribution in [0.4, 0.5) is 5.69 Å². The second-order valence-corrected chi connectivity index (χ2v) is 5.02. The van der Waals surface area contributed by atoms with E-state index in [1.165, 1.54) is 5.69 Å². The summed E-state index contributed by atoms with van der Waals surface area (Å²) >= 11 is 0. The third-order valence-electron chi connectivity index (χ3n) is 3.12. The second kappa shape index (κ2) is 7.79. The van der Waals surface area contributed by atoms with Crippen molar-refractivity contribution in [3.05, 3.63) is 29.8 Å². The van der Waals surface area contributed by atoms with E-state index in [0.717, 1.165) is 18.5 Å². The van der Waals surface area contributed by atoms with E-state index in [0.29, 0.717) is 13.0 Å². The lowest BCUT2D eigenvalue weighted by Gasteiger charge is -2.18. The number of rotatable bonds is 7. The fourth-order valence-corrected chi connectivity index (χ4v) is 1.87. The Morgan fingerprint density at radius 1 is 1.16 bits per heavy atom. The smallest absolute Gasteiger partial charge is 0.222 e.